The van der Waals surface area contributed by atoms with E-state index >= 15 is 0 Å². The van der Waals surface area contributed by atoms with Crippen LogP contribution in [0, 0.1) is 24.7 Å². The number of carboxylic acid groups (broad SMARTS) is 1. The zero-order valence-electron chi connectivity index (χ0n) is 11.9. The number of likely N-dealkylation sites (tertiary alicyclic amines) is 1. The fraction of sp³-hybridized carbons (Fsp3) is 0.500. The van der Waals surface area contributed by atoms with Gasteiger partial charge in [0.05, 0.1) is 11.5 Å². The first kappa shape index (κ1) is 14.6. The lowest BCUT2D eigenvalue weighted by atomic mass is 9.92. The summed E-state index contributed by atoms with van der Waals surface area (Å²) in [4.78, 5) is 25.8. The van der Waals surface area contributed by atoms with Crippen LogP contribution >= 0.6 is 15.9 Å². The van der Waals surface area contributed by atoms with E-state index in [4.69, 9.17) is 0 Å². The molecule has 0 bridgehead atoms. The monoisotopic (exact) mass is 351 g/mol. The average Bonchev–Trinajstić information content (AvgIpc) is 3.16. The molecule has 1 aromatic carbocycles. The predicted octanol–water partition coefficient (Wildman–Crippen LogP) is 2.94. The van der Waals surface area contributed by atoms with E-state index in [1.807, 2.05) is 25.1 Å². The lowest BCUT2D eigenvalue weighted by Crippen LogP contribution is -2.30. The number of carboxylic acids is 1. The summed E-state index contributed by atoms with van der Waals surface area (Å²) in [6.45, 7) is 2.87. The van der Waals surface area contributed by atoms with E-state index in [9.17, 15) is 14.7 Å². The summed E-state index contributed by atoms with van der Waals surface area (Å²) in [6.07, 6.45) is 2.20. The number of carbonyl (C=O) groups excluding carboxylic acids is 1. The molecule has 1 saturated carbocycles. The van der Waals surface area contributed by atoms with Gasteiger partial charge in [0.1, 0.15) is 0 Å². The lowest BCUT2D eigenvalue weighted by molar-refractivity contribution is -0.142. The third-order valence-corrected chi connectivity index (χ3v) is 5.21. The normalized spacial score (nSPS) is 25.1. The molecular formula is C16H18BrNO3. The van der Waals surface area contributed by atoms with Gasteiger partial charge in [-0.1, -0.05) is 6.07 Å². The standard InChI is InChI=1S/C16H18BrNO3/c1-9-2-5-11(14(17)6-9)15(19)18-7-12(10-3-4-10)13(8-18)16(20)21/h2,5-6,10,12-13H,3-4,7-8H2,1H3,(H,20,21)/t12-,13+/m1/s1. The Bertz CT molecular complexity index is 597. The molecule has 1 saturated heterocycles. The van der Waals surface area contributed by atoms with Gasteiger partial charge in [0.15, 0.2) is 0 Å². The second kappa shape index (κ2) is 5.44. The number of benzene rings is 1. The third kappa shape index (κ3) is 2.84. The maximum atomic E-state index is 12.6. The van der Waals surface area contributed by atoms with Gasteiger partial charge in [-0.25, -0.2) is 0 Å². The zero-order chi connectivity index (χ0) is 15.1. The molecule has 0 aromatic heterocycles. The van der Waals surface area contributed by atoms with Gasteiger partial charge in [0, 0.05) is 17.6 Å². The quantitative estimate of drug-likeness (QED) is 0.910. The number of carbonyl (C=O) groups is 2. The highest BCUT2D eigenvalue weighted by Gasteiger charge is 2.47. The highest BCUT2D eigenvalue weighted by atomic mass is 79.9. The van der Waals surface area contributed by atoms with Crippen LogP contribution in [0.5, 0.6) is 0 Å². The molecule has 21 heavy (non-hydrogen) atoms. The highest BCUT2D eigenvalue weighted by molar-refractivity contribution is 9.10. The molecule has 1 aliphatic carbocycles. The van der Waals surface area contributed by atoms with E-state index in [0.717, 1.165) is 22.9 Å². The number of rotatable bonds is 3. The summed E-state index contributed by atoms with van der Waals surface area (Å²) in [5.41, 5.74) is 1.69. The van der Waals surface area contributed by atoms with Gasteiger partial charge in [-0.15, -0.1) is 0 Å². The Morgan fingerprint density at radius 2 is 2.00 bits per heavy atom. The van der Waals surface area contributed by atoms with Crippen LogP contribution in [0.2, 0.25) is 0 Å². The van der Waals surface area contributed by atoms with Crippen molar-refractivity contribution in [2.24, 2.45) is 17.8 Å². The van der Waals surface area contributed by atoms with E-state index < -0.39 is 11.9 Å². The van der Waals surface area contributed by atoms with Crippen LogP contribution in [-0.2, 0) is 4.79 Å². The molecule has 0 spiro atoms. The van der Waals surface area contributed by atoms with E-state index in [-0.39, 0.29) is 11.8 Å². The Balaban J connectivity index is 1.80. The van der Waals surface area contributed by atoms with Gasteiger partial charge in [-0.05, 0) is 65.2 Å². The van der Waals surface area contributed by atoms with E-state index in [2.05, 4.69) is 15.9 Å². The smallest absolute Gasteiger partial charge is 0.308 e. The molecule has 3 rings (SSSR count). The van der Waals surface area contributed by atoms with Crippen molar-refractivity contribution >= 4 is 27.8 Å². The first-order valence-corrected chi connectivity index (χ1v) is 8.05. The van der Waals surface area contributed by atoms with Crippen molar-refractivity contribution in [1.82, 2.24) is 4.90 Å². The lowest BCUT2D eigenvalue weighted by Gasteiger charge is -2.17. The van der Waals surface area contributed by atoms with Crippen molar-refractivity contribution < 1.29 is 14.7 Å². The Morgan fingerprint density at radius 1 is 1.29 bits per heavy atom. The number of halogens is 1. The summed E-state index contributed by atoms with van der Waals surface area (Å²) in [5.74, 6) is -0.645. The fourth-order valence-electron chi connectivity index (χ4n) is 3.22. The molecule has 4 nitrogen and oxygen atoms in total. The summed E-state index contributed by atoms with van der Waals surface area (Å²) in [6, 6.07) is 5.62. The van der Waals surface area contributed by atoms with Crippen LogP contribution in [0.4, 0.5) is 0 Å². The fourth-order valence-corrected chi connectivity index (χ4v) is 3.88. The molecule has 112 valence electrons. The summed E-state index contributed by atoms with van der Waals surface area (Å²) < 4.78 is 0.772. The van der Waals surface area contributed by atoms with Gasteiger partial charge in [-0.2, -0.15) is 0 Å². The SMILES string of the molecule is Cc1ccc(C(=O)N2C[C@H](C(=O)O)[C@@H](C3CC3)C2)c(Br)c1. The van der Waals surface area contributed by atoms with Gasteiger partial charge >= 0.3 is 5.97 Å². The molecule has 0 radical (unpaired) electrons. The molecule has 5 heteroatoms. The van der Waals surface area contributed by atoms with Gasteiger partial charge in [0.25, 0.3) is 5.91 Å². The minimum atomic E-state index is -0.773. The molecule has 2 aliphatic rings. The molecule has 2 atom stereocenters. The summed E-state index contributed by atoms with van der Waals surface area (Å²) in [7, 11) is 0. The molecular weight excluding hydrogens is 334 g/mol. The zero-order valence-corrected chi connectivity index (χ0v) is 13.5. The number of aryl methyl sites for hydroxylation is 1. The van der Waals surface area contributed by atoms with Crippen molar-refractivity contribution in [1.29, 1.82) is 0 Å². The number of nitrogens with zero attached hydrogens (tertiary/aromatic N) is 1. The largest absolute Gasteiger partial charge is 0.481 e. The molecule has 0 unspecified atom stereocenters. The minimum Gasteiger partial charge on any atom is -0.481 e. The van der Waals surface area contributed by atoms with Crippen molar-refractivity contribution in [3.63, 3.8) is 0 Å². The molecule has 1 amide bonds. The minimum absolute atomic E-state index is 0.0729. The number of hydrogen-bond acceptors (Lipinski definition) is 2. The van der Waals surface area contributed by atoms with Crippen molar-refractivity contribution in [3.05, 3.63) is 33.8 Å². The van der Waals surface area contributed by atoms with Crippen molar-refractivity contribution in [2.75, 3.05) is 13.1 Å². The Hall–Kier alpha value is -1.36. The maximum Gasteiger partial charge on any atom is 0.308 e. The van der Waals surface area contributed by atoms with Gasteiger partial charge in [-0.3, -0.25) is 9.59 Å². The number of hydrogen-bond donors (Lipinski definition) is 1. The van der Waals surface area contributed by atoms with Crippen LogP contribution in [-0.4, -0.2) is 35.0 Å². The van der Waals surface area contributed by atoms with E-state index in [1.165, 1.54) is 0 Å². The topological polar surface area (TPSA) is 57.6 Å². The van der Waals surface area contributed by atoms with Crippen molar-refractivity contribution in [2.45, 2.75) is 19.8 Å². The third-order valence-electron chi connectivity index (χ3n) is 4.55. The maximum absolute atomic E-state index is 12.6. The molecule has 1 N–H and O–H groups in total. The molecule has 1 heterocycles. The van der Waals surface area contributed by atoms with E-state index in [0.29, 0.717) is 24.6 Å². The average molecular weight is 352 g/mol. The van der Waals surface area contributed by atoms with E-state index in [1.54, 1.807) is 4.90 Å². The van der Waals surface area contributed by atoms with Crippen LogP contribution in [0.1, 0.15) is 28.8 Å². The Kier molecular flexibility index (Phi) is 3.78. The van der Waals surface area contributed by atoms with Crippen molar-refractivity contribution in [3.8, 4) is 0 Å². The Morgan fingerprint density at radius 3 is 2.57 bits per heavy atom. The number of aliphatic carboxylic acids is 1. The van der Waals surface area contributed by atoms with Gasteiger partial charge in [0.2, 0.25) is 0 Å². The molecule has 2 fully saturated rings. The summed E-state index contributed by atoms with van der Waals surface area (Å²) in [5, 5.41) is 9.37. The number of amides is 1. The second-order valence-corrected chi connectivity index (χ2v) is 6.99. The molecule has 1 aliphatic heterocycles. The second-order valence-electron chi connectivity index (χ2n) is 6.14. The summed E-state index contributed by atoms with van der Waals surface area (Å²) >= 11 is 3.43. The predicted molar refractivity (Wildman–Crippen MR) is 82.1 cm³/mol. The first-order chi connectivity index (χ1) is 9.97. The van der Waals surface area contributed by atoms with Crippen LogP contribution in [0.25, 0.3) is 0 Å². The van der Waals surface area contributed by atoms with Crippen LogP contribution in [0.3, 0.4) is 0 Å². The highest BCUT2D eigenvalue weighted by Crippen LogP contribution is 2.44. The Labute approximate surface area is 132 Å². The molecule has 1 aromatic rings. The first-order valence-electron chi connectivity index (χ1n) is 7.25. The van der Waals surface area contributed by atoms with Crippen LogP contribution in [0.15, 0.2) is 22.7 Å². The van der Waals surface area contributed by atoms with Crippen LogP contribution < -0.4 is 0 Å². The van der Waals surface area contributed by atoms with Gasteiger partial charge < -0.3 is 10.0 Å².